The standard InChI is InChI=1S/C66H46N2Si/c1-7-21-47(22-8-1)49-35-39-57(48-23-9-2-10-24-48)59(43-49)50-36-40-64-60(44-50)61-45-52(37-41-65(61)67(64)51-25-11-3-12-26-51)68-63-34-20-19-33-58(63)62-46-56(38-42-66(62)68)69(53-27-13-4-14-28-53,54-29-15-5-16-30-54)55-31-17-6-18-32-55/h1-46H/i3D,4D,11D,12D,13D,14D,25D,26D,27D,28D. The predicted octanol–water partition coefficient (Wildman–Crippen LogP) is 14.3. The summed E-state index contributed by atoms with van der Waals surface area (Å²) in [6.07, 6.45) is 0. The molecular weight excluding hydrogens is 849 g/mol. The van der Waals surface area contributed by atoms with Crippen LogP contribution in [0.5, 0.6) is 0 Å². The third-order valence-corrected chi connectivity index (χ3v) is 18.2. The number of nitrogens with zero attached hydrogens (tertiary/aromatic N) is 2. The maximum atomic E-state index is 9.55. The van der Waals surface area contributed by atoms with Gasteiger partial charge < -0.3 is 9.13 Å². The Hall–Kier alpha value is -8.76. The van der Waals surface area contributed by atoms with Crippen molar-refractivity contribution in [2.75, 3.05) is 0 Å². The number of para-hydroxylation sites is 2. The number of fused-ring (bicyclic) bond motifs is 6. The average Bonchev–Trinajstić information content (AvgIpc) is 4.17. The fourth-order valence-corrected chi connectivity index (χ4v) is 15.1. The molecule has 0 aliphatic carbocycles. The van der Waals surface area contributed by atoms with Gasteiger partial charge in [-0.05, 0) is 115 Å². The van der Waals surface area contributed by atoms with E-state index >= 15 is 0 Å². The molecule has 2 aromatic heterocycles. The van der Waals surface area contributed by atoms with Crippen molar-refractivity contribution in [3.63, 3.8) is 0 Å². The van der Waals surface area contributed by atoms with E-state index in [1.165, 1.54) is 0 Å². The first-order chi connectivity index (χ1) is 38.4. The lowest BCUT2D eigenvalue weighted by molar-refractivity contribution is 1.17. The van der Waals surface area contributed by atoms with Crippen LogP contribution in [-0.4, -0.2) is 17.2 Å². The minimum atomic E-state index is -3.73. The Labute approximate surface area is 417 Å². The molecule has 0 atom stereocenters. The molecule has 0 fully saturated rings. The van der Waals surface area contributed by atoms with Gasteiger partial charge >= 0.3 is 0 Å². The monoisotopic (exact) mass is 904 g/mol. The van der Waals surface area contributed by atoms with Crippen LogP contribution >= 0.6 is 0 Å². The van der Waals surface area contributed by atoms with E-state index in [4.69, 9.17) is 8.22 Å². The minimum Gasteiger partial charge on any atom is -0.309 e. The highest BCUT2D eigenvalue weighted by molar-refractivity contribution is 7.20. The fraction of sp³-hybridized carbons (Fsp3) is 0. The second kappa shape index (κ2) is 16.8. The molecule has 324 valence electrons. The highest BCUT2D eigenvalue weighted by atomic mass is 28.3. The van der Waals surface area contributed by atoms with Crippen LogP contribution in [0.25, 0.3) is 88.4 Å². The largest absolute Gasteiger partial charge is 0.309 e. The van der Waals surface area contributed by atoms with Crippen molar-refractivity contribution in [2.45, 2.75) is 0 Å². The Morgan fingerprint density at radius 2 is 0.783 bits per heavy atom. The van der Waals surface area contributed by atoms with E-state index in [0.717, 1.165) is 87.2 Å². The van der Waals surface area contributed by atoms with Gasteiger partial charge in [0, 0.05) is 32.9 Å². The van der Waals surface area contributed by atoms with Crippen LogP contribution in [0.1, 0.15) is 13.7 Å². The van der Waals surface area contributed by atoms with Crippen LogP contribution in [0.15, 0.2) is 279 Å². The van der Waals surface area contributed by atoms with Gasteiger partial charge in [0.15, 0.2) is 8.07 Å². The van der Waals surface area contributed by atoms with E-state index in [2.05, 4.69) is 89.5 Å². The number of rotatable bonds is 9. The summed E-state index contributed by atoms with van der Waals surface area (Å²) in [4.78, 5) is 0. The van der Waals surface area contributed by atoms with E-state index in [-0.39, 0.29) is 47.1 Å². The number of benzene rings is 11. The maximum absolute atomic E-state index is 9.55. The smallest absolute Gasteiger partial charge is 0.179 e. The van der Waals surface area contributed by atoms with E-state index in [9.17, 15) is 5.48 Å². The van der Waals surface area contributed by atoms with Gasteiger partial charge in [0.2, 0.25) is 0 Å². The Morgan fingerprint density at radius 1 is 0.275 bits per heavy atom. The topological polar surface area (TPSA) is 9.86 Å². The van der Waals surface area contributed by atoms with Gasteiger partial charge in [-0.1, -0.05) is 218 Å². The summed E-state index contributed by atoms with van der Waals surface area (Å²) < 4.78 is 94.1. The van der Waals surface area contributed by atoms with Gasteiger partial charge in [-0.15, -0.1) is 0 Å². The zero-order valence-corrected chi connectivity index (χ0v) is 38.2. The van der Waals surface area contributed by atoms with Crippen molar-refractivity contribution >= 4 is 72.4 Å². The summed E-state index contributed by atoms with van der Waals surface area (Å²) in [6, 6.07) is 69.9. The molecule has 0 bridgehead atoms. The highest BCUT2D eigenvalue weighted by Gasteiger charge is 2.41. The molecular formula is C66H46N2Si. The Bertz CT molecular complexity index is 4500. The van der Waals surface area contributed by atoms with Gasteiger partial charge in [0.1, 0.15) is 0 Å². The summed E-state index contributed by atoms with van der Waals surface area (Å²) in [6.45, 7) is 0. The second-order valence-electron chi connectivity index (χ2n) is 17.3. The van der Waals surface area contributed by atoms with Crippen molar-refractivity contribution in [3.05, 3.63) is 279 Å². The number of aromatic nitrogens is 2. The van der Waals surface area contributed by atoms with E-state index < -0.39 is 32.2 Å². The molecule has 0 aliphatic rings. The second-order valence-corrected chi connectivity index (χ2v) is 21.0. The Balaban J connectivity index is 1.09. The van der Waals surface area contributed by atoms with Crippen molar-refractivity contribution < 1.29 is 13.7 Å². The molecule has 11 aromatic carbocycles. The molecule has 3 heteroatoms. The van der Waals surface area contributed by atoms with Crippen LogP contribution in [0, 0.1) is 0 Å². The predicted molar refractivity (Wildman–Crippen MR) is 295 cm³/mol. The first-order valence-electron chi connectivity index (χ1n) is 28.0. The molecule has 0 radical (unpaired) electrons. The van der Waals surface area contributed by atoms with E-state index in [0.29, 0.717) is 11.0 Å². The molecule has 0 saturated carbocycles. The van der Waals surface area contributed by atoms with Gasteiger partial charge in [-0.3, -0.25) is 0 Å². The third-order valence-electron chi connectivity index (χ3n) is 13.6. The summed E-state index contributed by atoms with van der Waals surface area (Å²) in [5.74, 6) is 0. The molecule has 2 heterocycles. The van der Waals surface area contributed by atoms with Gasteiger partial charge in [0.25, 0.3) is 0 Å². The van der Waals surface area contributed by atoms with Gasteiger partial charge in [-0.25, -0.2) is 0 Å². The fourth-order valence-electron chi connectivity index (χ4n) is 10.6. The zero-order chi connectivity index (χ0) is 54.4. The normalized spacial score (nSPS) is 13.8. The summed E-state index contributed by atoms with van der Waals surface area (Å²) >= 11 is 0. The van der Waals surface area contributed by atoms with Crippen LogP contribution in [0.2, 0.25) is 0 Å². The first-order valence-corrected chi connectivity index (χ1v) is 25.0. The number of hydrogen-bond donors (Lipinski definition) is 0. The molecule has 0 unspecified atom stereocenters. The van der Waals surface area contributed by atoms with Crippen molar-refractivity contribution in [1.29, 1.82) is 0 Å². The van der Waals surface area contributed by atoms with Crippen LogP contribution in [0.3, 0.4) is 0 Å². The molecule has 2 nitrogen and oxygen atoms in total. The average molecular weight is 905 g/mol. The molecule has 0 aliphatic heterocycles. The first kappa shape index (κ1) is 31.3. The van der Waals surface area contributed by atoms with E-state index in [1.807, 2.05) is 133 Å². The molecule has 0 saturated heterocycles. The zero-order valence-electron chi connectivity index (χ0n) is 47.2. The maximum Gasteiger partial charge on any atom is 0.179 e. The lowest BCUT2D eigenvalue weighted by atomic mass is 9.90. The van der Waals surface area contributed by atoms with Gasteiger partial charge in [0.05, 0.1) is 35.8 Å². The molecule has 13 rings (SSSR count). The summed E-state index contributed by atoms with van der Waals surface area (Å²) in [7, 11) is -3.73. The van der Waals surface area contributed by atoms with E-state index in [1.54, 1.807) is 4.57 Å². The Morgan fingerprint density at radius 3 is 1.46 bits per heavy atom. The molecule has 0 amide bonds. The molecule has 13 aromatic rings. The van der Waals surface area contributed by atoms with Crippen molar-refractivity contribution in [2.24, 2.45) is 0 Å². The lowest BCUT2D eigenvalue weighted by Crippen LogP contribution is -2.74. The van der Waals surface area contributed by atoms with Crippen molar-refractivity contribution in [1.82, 2.24) is 9.13 Å². The Kier molecular flexibility index (Phi) is 7.63. The molecule has 69 heavy (non-hydrogen) atoms. The van der Waals surface area contributed by atoms with Crippen LogP contribution in [-0.2, 0) is 0 Å². The summed E-state index contributed by atoms with van der Waals surface area (Å²) in [5.41, 5.74) is 10.1. The lowest BCUT2D eigenvalue weighted by Gasteiger charge is -2.34. The molecule has 0 spiro atoms. The van der Waals surface area contributed by atoms with Crippen molar-refractivity contribution in [3.8, 4) is 44.8 Å². The van der Waals surface area contributed by atoms with Gasteiger partial charge in [-0.2, -0.15) is 0 Å². The van der Waals surface area contributed by atoms with Crippen LogP contribution in [0.4, 0.5) is 0 Å². The quantitative estimate of drug-likeness (QED) is 0.101. The highest BCUT2D eigenvalue weighted by Crippen LogP contribution is 2.41. The molecule has 0 N–H and O–H groups in total. The third kappa shape index (κ3) is 6.70. The number of hydrogen-bond acceptors (Lipinski definition) is 0. The minimum absolute atomic E-state index is 0.0514. The SMILES string of the molecule is [2H]c1c([2H])c([2H])c(-n2c3ccc(-c4cc(-c5ccccc5)ccc4-c4ccccc4)cc3c3cc(-n4c5ccccc5c5cc([Si](c6ccccc6)(c6ccccc6)c6c([2H])c([2H])c([2H])c([2H])c6[2H])ccc54)ccc32)c([2H])c1[2H]. The summed E-state index contributed by atoms with van der Waals surface area (Å²) in [5, 5.41) is 6.31. The van der Waals surface area contributed by atoms with Crippen LogP contribution < -0.4 is 20.7 Å².